The number of benzene rings is 6. The predicted octanol–water partition coefficient (Wildman–Crippen LogP) is 26.1. The molecule has 0 atom stereocenters. The molecule has 0 aromatic heterocycles. The van der Waals surface area contributed by atoms with Crippen molar-refractivity contribution in [1.29, 1.82) is 0 Å². The number of fused-ring (bicyclic) bond motifs is 12. The summed E-state index contributed by atoms with van der Waals surface area (Å²) in [5, 5.41) is 166. The number of phenolic OH excluding ortho intramolecular Hbond substituents is 12. The molecule has 0 saturated heterocycles. The Bertz CT molecular complexity index is 3380. The van der Waals surface area contributed by atoms with Gasteiger partial charge in [-0.3, -0.25) is 29.4 Å². The molecule has 6 aromatic rings. The molecular weight excluding hydrogens is 1570 g/mol. The summed E-state index contributed by atoms with van der Waals surface area (Å²) >= 11 is 0. The van der Waals surface area contributed by atoms with Gasteiger partial charge in [-0.25, -0.2) is 0 Å². The number of aromatic hydroxyl groups is 12. The highest BCUT2D eigenvalue weighted by molar-refractivity contribution is 5.70. The van der Waals surface area contributed by atoms with E-state index in [-0.39, 0.29) is 108 Å². The van der Waals surface area contributed by atoms with Gasteiger partial charge in [-0.05, 0) is 231 Å². The molecule has 0 saturated carbocycles. The fourth-order valence-electron chi connectivity index (χ4n) is 19.9. The summed E-state index contributed by atoms with van der Waals surface area (Å²) in [5.74, 6) is -6.61. The van der Waals surface area contributed by atoms with Crippen LogP contribution in [0.4, 0.5) is 0 Å². The average Bonchev–Trinajstić information content (AvgIpc) is 0.741. The molecule has 0 spiro atoms. The van der Waals surface area contributed by atoms with E-state index >= 15 is 0 Å². The van der Waals surface area contributed by atoms with Crippen LogP contribution in [0.1, 0.15) is 453 Å². The van der Waals surface area contributed by atoms with Gasteiger partial charge in [0.05, 0.1) is 33.4 Å². The van der Waals surface area contributed by atoms with E-state index in [2.05, 4.69) is 112 Å². The largest absolute Gasteiger partial charge is 0.507 e. The van der Waals surface area contributed by atoms with Gasteiger partial charge >= 0.3 is 0 Å². The summed E-state index contributed by atoms with van der Waals surface area (Å²) < 4.78 is 0. The first-order valence-electron chi connectivity index (χ1n) is 50.6. The molecular formula is C108H174N6O12. The van der Waals surface area contributed by atoms with Crippen molar-refractivity contribution in [2.45, 2.75) is 392 Å². The van der Waals surface area contributed by atoms with Gasteiger partial charge in [0.1, 0.15) is 69.0 Å². The van der Waals surface area contributed by atoms with E-state index in [0.717, 1.165) is 154 Å². The molecule has 0 unspecified atom stereocenters. The number of unbranched alkanes of at least 4 members (excludes halogenated alkanes) is 12. The minimum absolute atomic E-state index is 0.134. The SMILES string of the molecule is CCCCN(CCCC)Cc1c(O)c2cc(c1O)C(CC)c1cc(c(O)c(CN(CCCC)CCCC)c1O)C(CC)c1cc(c(O)c(CN(CCCC)CCCC)c1O)C(CC)c1cc(c(O)c(CN(CCCC)CCCC)c1O)C(CC)c1cc(c(O)c(CN(CCCC)CCCC)c1O)C(CC)c1cc(c(O)c(CN(CCCC)CCCC)c1O)C2CC. The van der Waals surface area contributed by atoms with Crippen molar-refractivity contribution >= 4 is 0 Å². The zero-order valence-corrected chi connectivity index (χ0v) is 81.9. The molecule has 0 heterocycles. The third kappa shape index (κ3) is 26.1. The van der Waals surface area contributed by atoms with Crippen molar-refractivity contribution < 1.29 is 61.3 Å². The number of rotatable bonds is 54. The van der Waals surface area contributed by atoms with E-state index in [1.165, 1.54) is 0 Å². The summed E-state index contributed by atoms with van der Waals surface area (Å²) in [4.78, 5) is 13.8. The Morgan fingerprint density at radius 1 is 0.159 bits per heavy atom. The van der Waals surface area contributed by atoms with E-state index < -0.39 is 35.5 Å². The molecule has 18 nitrogen and oxygen atoms in total. The molecule has 18 heteroatoms. The number of hydrogen-bond acceptors (Lipinski definition) is 18. The molecule has 6 aromatic carbocycles. The summed E-state index contributed by atoms with van der Waals surface area (Å²) in [6, 6.07) is 11.3. The van der Waals surface area contributed by atoms with Crippen LogP contribution in [0.3, 0.4) is 0 Å². The minimum Gasteiger partial charge on any atom is -0.507 e. The topological polar surface area (TPSA) is 262 Å². The maximum atomic E-state index is 13.8. The zero-order chi connectivity index (χ0) is 92.4. The molecule has 0 amide bonds. The maximum absolute atomic E-state index is 13.8. The summed E-state index contributed by atoms with van der Waals surface area (Å²) in [5.41, 5.74) is 6.91. The highest BCUT2D eigenvalue weighted by atomic mass is 16.3. The first-order valence-corrected chi connectivity index (χ1v) is 50.6. The molecule has 0 radical (unpaired) electrons. The van der Waals surface area contributed by atoms with Crippen LogP contribution in [0.2, 0.25) is 0 Å². The van der Waals surface area contributed by atoms with Gasteiger partial charge in [0, 0.05) is 142 Å². The molecule has 126 heavy (non-hydrogen) atoms. The Kier molecular flexibility index (Phi) is 45.1. The summed E-state index contributed by atoms with van der Waals surface area (Å²) in [6.45, 7) is 47.3. The second-order valence-corrected chi connectivity index (χ2v) is 37.0. The highest BCUT2D eigenvalue weighted by Gasteiger charge is 2.40. The van der Waals surface area contributed by atoms with Crippen LogP contribution in [0.5, 0.6) is 69.0 Å². The van der Waals surface area contributed by atoms with E-state index in [0.29, 0.717) is 217 Å². The van der Waals surface area contributed by atoms with Crippen molar-refractivity contribution in [2.75, 3.05) is 78.5 Å². The Hall–Kier alpha value is -7.32. The molecule has 0 fully saturated rings. The second-order valence-electron chi connectivity index (χ2n) is 37.0. The first kappa shape index (κ1) is 106. The third-order valence-corrected chi connectivity index (χ3v) is 27.8. The summed E-state index contributed by atoms with van der Waals surface area (Å²) in [6.07, 6.45) is 23.2. The minimum atomic E-state index is -0.834. The van der Waals surface area contributed by atoms with Crippen molar-refractivity contribution in [3.8, 4) is 69.0 Å². The fraction of sp³-hybridized carbons (Fsp3) is 0.667. The molecule has 708 valence electrons. The van der Waals surface area contributed by atoms with Crippen LogP contribution < -0.4 is 0 Å². The van der Waals surface area contributed by atoms with Crippen molar-refractivity contribution in [3.05, 3.63) is 137 Å². The lowest BCUT2D eigenvalue weighted by Crippen LogP contribution is -2.26. The second kappa shape index (κ2) is 53.7. The van der Waals surface area contributed by atoms with Crippen LogP contribution in [0, 0.1) is 0 Å². The zero-order valence-electron chi connectivity index (χ0n) is 81.9. The van der Waals surface area contributed by atoms with E-state index in [1.807, 2.05) is 77.9 Å². The van der Waals surface area contributed by atoms with E-state index in [1.54, 1.807) is 0 Å². The van der Waals surface area contributed by atoms with Crippen LogP contribution in [-0.2, 0) is 39.3 Å². The highest BCUT2D eigenvalue weighted by Crippen LogP contribution is 2.58. The van der Waals surface area contributed by atoms with Gasteiger partial charge in [0.2, 0.25) is 0 Å². The number of hydrogen-bond donors (Lipinski definition) is 12. The molecule has 12 bridgehead atoms. The van der Waals surface area contributed by atoms with Gasteiger partial charge < -0.3 is 61.3 Å². The van der Waals surface area contributed by atoms with Crippen molar-refractivity contribution in [1.82, 2.24) is 29.4 Å². The van der Waals surface area contributed by atoms with E-state index in [4.69, 9.17) is 0 Å². The van der Waals surface area contributed by atoms with Crippen molar-refractivity contribution in [2.24, 2.45) is 0 Å². The molecule has 7 rings (SSSR count). The number of phenols is 12. The smallest absolute Gasteiger partial charge is 0.127 e. The Balaban J connectivity index is 1.90. The molecule has 1 aliphatic rings. The van der Waals surface area contributed by atoms with Gasteiger partial charge in [-0.15, -0.1) is 0 Å². The standard InChI is InChI=1S/C108H174N6O12/c1-19-37-49-109(50-38-20-2)67-91-97(115)79-61-80(98(91)116)74(32-14)82-63-84(102(120)93(100(82)118)69-111(53-41-23-5)54-42-24-6)76(34-16)86-65-88(106(124)95(104(86)122)71-113(57-45-27-9)58-46-28-10)78(36-18)90-66-89(107(125)96(108(90)126)72-114(59-47-29-11)60-48-30-12)77(35-17)87-64-85(103(121)94(105(87)123)70-112(55-43-25-7)56-44-26-8)75(33-15)83-62-81(73(79)31-13)99(117)92(101(83)119)68-110(51-39-21-3)52-40-22-4/h61-66,73-78,115-126H,19-60,67-72H2,1-18H3. The maximum Gasteiger partial charge on any atom is 0.127 e. The van der Waals surface area contributed by atoms with Gasteiger partial charge in [0.25, 0.3) is 0 Å². The van der Waals surface area contributed by atoms with Crippen LogP contribution >= 0.6 is 0 Å². The van der Waals surface area contributed by atoms with Crippen LogP contribution in [0.25, 0.3) is 0 Å². The van der Waals surface area contributed by atoms with Gasteiger partial charge in [0.15, 0.2) is 0 Å². The lowest BCUT2D eigenvalue weighted by Gasteiger charge is -2.33. The lowest BCUT2D eigenvalue weighted by atomic mass is 9.75. The predicted molar refractivity (Wildman–Crippen MR) is 522 cm³/mol. The lowest BCUT2D eigenvalue weighted by molar-refractivity contribution is 0.248. The average molecular weight is 1750 g/mol. The first-order chi connectivity index (χ1) is 60.8. The third-order valence-electron chi connectivity index (χ3n) is 27.8. The quantitative estimate of drug-likeness (QED) is 0.0169. The summed E-state index contributed by atoms with van der Waals surface area (Å²) in [7, 11) is 0. The Morgan fingerprint density at radius 3 is 0.317 bits per heavy atom. The fourth-order valence-corrected chi connectivity index (χ4v) is 19.9. The molecule has 12 N–H and O–H groups in total. The number of nitrogens with zero attached hydrogens (tertiary/aromatic N) is 6. The molecule has 1 aliphatic carbocycles. The normalized spacial score (nSPS) is 16.3. The van der Waals surface area contributed by atoms with Gasteiger partial charge in [-0.1, -0.05) is 202 Å². The Labute approximate surface area is 762 Å². The molecule has 0 aliphatic heterocycles. The van der Waals surface area contributed by atoms with Gasteiger partial charge in [-0.2, -0.15) is 0 Å². The monoisotopic (exact) mass is 1750 g/mol. The van der Waals surface area contributed by atoms with E-state index in [9.17, 15) is 61.3 Å². The van der Waals surface area contributed by atoms with Crippen molar-refractivity contribution in [3.63, 3.8) is 0 Å². The van der Waals surface area contributed by atoms with Crippen LogP contribution in [-0.4, -0.2) is 169 Å². The van der Waals surface area contributed by atoms with Crippen LogP contribution in [0.15, 0.2) is 36.4 Å². The Morgan fingerprint density at radius 2 is 0.246 bits per heavy atom.